The van der Waals surface area contributed by atoms with Crippen LogP contribution in [0.3, 0.4) is 0 Å². The Hall–Kier alpha value is -2.74. The van der Waals surface area contributed by atoms with E-state index in [9.17, 15) is 0 Å². The van der Waals surface area contributed by atoms with Gasteiger partial charge in [0.2, 0.25) is 0 Å². The van der Waals surface area contributed by atoms with Crippen molar-refractivity contribution >= 4 is 10.8 Å². The van der Waals surface area contributed by atoms with Gasteiger partial charge in [0.25, 0.3) is 0 Å². The Labute approximate surface area is 170 Å². The predicted octanol–water partition coefficient (Wildman–Crippen LogP) is 5.71. The van der Waals surface area contributed by atoms with E-state index in [0.29, 0.717) is 42.1 Å². The van der Waals surface area contributed by atoms with Gasteiger partial charge in [-0.2, -0.15) is 5.26 Å². The van der Waals surface area contributed by atoms with Crippen molar-refractivity contribution in [3.8, 4) is 6.07 Å². The third-order valence-corrected chi connectivity index (χ3v) is 5.64. The highest BCUT2D eigenvalue weighted by Gasteiger charge is 2.23. The third-order valence-electron chi connectivity index (χ3n) is 5.64. The highest BCUT2D eigenvalue weighted by atomic mass is 19.1. The van der Waals surface area contributed by atoms with E-state index in [-0.39, 0.29) is 12.1 Å². The van der Waals surface area contributed by atoms with Crippen molar-refractivity contribution in [1.82, 2.24) is 0 Å². The summed E-state index contributed by atoms with van der Waals surface area (Å²) < 4.78 is 26.7. The molecule has 0 aliphatic carbocycles. The van der Waals surface area contributed by atoms with Crippen LogP contribution >= 0.6 is 0 Å². The lowest BCUT2D eigenvalue weighted by Gasteiger charge is -2.29. The molecule has 0 saturated carbocycles. The maximum Gasteiger partial charge on any atom is 0.183 e. The zero-order valence-electron chi connectivity index (χ0n) is 16.5. The number of aryl methyl sites for hydroxylation is 2. The highest BCUT2D eigenvalue weighted by molar-refractivity contribution is 5.84. The molecule has 0 amide bonds. The van der Waals surface area contributed by atoms with Crippen molar-refractivity contribution < 1.29 is 13.9 Å². The van der Waals surface area contributed by atoms with Crippen LogP contribution < -0.4 is 0 Å². The summed E-state index contributed by atoms with van der Waals surface area (Å²) >= 11 is 0. The number of fused-ring (bicyclic) bond motifs is 1. The summed E-state index contributed by atoms with van der Waals surface area (Å²) in [4.78, 5) is 0. The standard InChI is InChI=1S/C25H24FNO2/c1-2-17-15-28-25(29-16-17)22-11-12-23-21(13-22)10-9-20(24(23)26)8-7-18-3-5-19(14-27)6-4-18/h3-6,9-13,17,25H,2,7-8,15-16H2,1H3. The minimum absolute atomic E-state index is 0.167. The van der Waals surface area contributed by atoms with Crippen LogP contribution in [0.2, 0.25) is 0 Å². The molecule has 3 aromatic rings. The molecule has 4 rings (SSSR count). The van der Waals surface area contributed by atoms with Gasteiger partial charge >= 0.3 is 0 Å². The average Bonchev–Trinajstić information content (AvgIpc) is 2.79. The van der Waals surface area contributed by atoms with Crippen LogP contribution in [-0.2, 0) is 22.3 Å². The van der Waals surface area contributed by atoms with E-state index in [2.05, 4.69) is 13.0 Å². The van der Waals surface area contributed by atoms with E-state index in [1.54, 1.807) is 12.1 Å². The number of nitriles is 1. The van der Waals surface area contributed by atoms with Gasteiger partial charge in [0.1, 0.15) is 5.82 Å². The van der Waals surface area contributed by atoms with Crippen molar-refractivity contribution in [1.29, 1.82) is 5.26 Å². The van der Waals surface area contributed by atoms with Crippen LogP contribution in [0, 0.1) is 23.1 Å². The van der Waals surface area contributed by atoms with E-state index < -0.39 is 0 Å². The third kappa shape index (κ3) is 4.32. The minimum atomic E-state index is -0.374. The maximum atomic E-state index is 15.1. The van der Waals surface area contributed by atoms with Crippen LogP contribution in [0.15, 0.2) is 54.6 Å². The van der Waals surface area contributed by atoms with Gasteiger partial charge in [0.15, 0.2) is 6.29 Å². The fraction of sp³-hybridized carbons (Fsp3) is 0.320. The summed E-state index contributed by atoms with van der Waals surface area (Å²) in [5.41, 5.74) is 3.36. The fourth-order valence-electron chi connectivity index (χ4n) is 3.69. The number of hydrogen-bond acceptors (Lipinski definition) is 3. The van der Waals surface area contributed by atoms with Crippen molar-refractivity contribution in [2.45, 2.75) is 32.5 Å². The van der Waals surface area contributed by atoms with Gasteiger partial charge in [-0.1, -0.05) is 43.3 Å². The predicted molar refractivity (Wildman–Crippen MR) is 111 cm³/mol. The fourth-order valence-corrected chi connectivity index (χ4v) is 3.69. The van der Waals surface area contributed by atoms with Crippen molar-refractivity contribution in [3.63, 3.8) is 0 Å². The molecule has 1 saturated heterocycles. The smallest absolute Gasteiger partial charge is 0.183 e. The number of nitrogens with zero attached hydrogens (tertiary/aromatic N) is 1. The molecule has 1 aliphatic heterocycles. The lowest BCUT2D eigenvalue weighted by Crippen LogP contribution is -2.26. The van der Waals surface area contributed by atoms with Crippen LogP contribution in [0.4, 0.5) is 4.39 Å². The maximum absolute atomic E-state index is 15.1. The van der Waals surface area contributed by atoms with Gasteiger partial charge in [0, 0.05) is 16.9 Å². The molecule has 0 aromatic heterocycles. The summed E-state index contributed by atoms with van der Waals surface area (Å²) in [5, 5.41) is 10.4. The molecule has 0 unspecified atom stereocenters. The second kappa shape index (κ2) is 8.73. The van der Waals surface area contributed by atoms with Crippen molar-refractivity contribution in [3.05, 3.63) is 82.7 Å². The van der Waals surface area contributed by atoms with E-state index in [0.717, 1.165) is 29.4 Å². The summed E-state index contributed by atoms with van der Waals surface area (Å²) in [6.45, 7) is 3.53. The number of rotatable bonds is 5. The molecular weight excluding hydrogens is 365 g/mol. The number of halogens is 1. The quantitative estimate of drug-likeness (QED) is 0.561. The Bertz CT molecular complexity index is 1030. The molecule has 0 radical (unpaired) electrons. The summed E-state index contributed by atoms with van der Waals surface area (Å²) in [5.74, 6) is 0.280. The molecule has 0 spiro atoms. The van der Waals surface area contributed by atoms with Crippen molar-refractivity contribution in [2.75, 3.05) is 13.2 Å². The Morgan fingerprint density at radius 1 is 1.00 bits per heavy atom. The monoisotopic (exact) mass is 389 g/mol. The lowest BCUT2D eigenvalue weighted by atomic mass is 9.98. The summed E-state index contributed by atoms with van der Waals surface area (Å²) in [6, 6.07) is 19.1. The molecule has 0 atom stereocenters. The molecule has 3 aromatic carbocycles. The number of ether oxygens (including phenoxy) is 2. The molecule has 1 aliphatic rings. The zero-order valence-corrected chi connectivity index (χ0v) is 16.5. The van der Waals surface area contributed by atoms with Gasteiger partial charge in [-0.05, 0) is 54.0 Å². The highest BCUT2D eigenvalue weighted by Crippen LogP contribution is 2.30. The number of benzene rings is 3. The van der Waals surface area contributed by atoms with Gasteiger partial charge in [-0.3, -0.25) is 0 Å². The first kappa shape index (κ1) is 19.6. The lowest BCUT2D eigenvalue weighted by molar-refractivity contribution is -0.205. The van der Waals surface area contributed by atoms with E-state index in [4.69, 9.17) is 14.7 Å². The second-order valence-corrected chi connectivity index (χ2v) is 7.60. The Morgan fingerprint density at radius 2 is 1.76 bits per heavy atom. The van der Waals surface area contributed by atoms with E-state index in [1.165, 1.54) is 0 Å². The van der Waals surface area contributed by atoms with Gasteiger partial charge in [-0.15, -0.1) is 0 Å². The van der Waals surface area contributed by atoms with Crippen molar-refractivity contribution in [2.24, 2.45) is 5.92 Å². The SMILES string of the molecule is CCC1COC(c2ccc3c(F)c(CCc4ccc(C#N)cc4)ccc3c2)OC1. The normalized spacial score (nSPS) is 19.2. The Balaban J connectivity index is 1.49. The summed E-state index contributed by atoms with van der Waals surface area (Å²) in [6.07, 6.45) is 2.01. The molecule has 3 nitrogen and oxygen atoms in total. The molecule has 148 valence electrons. The van der Waals surface area contributed by atoms with Crippen LogP contribution in [0.25, 0.3) is 10.8 Å². The molecule has 0 bridgehead atoms. The number of hydrogen-bond donors (Lipinski definition) is 0. The molecule has 0 N–H and O–H groups in total. The Morgan fingerprint density at radius 3 is 2.45 bits per heavy atom. The molecule has 29 heavy (non-hydrogen) atoms. The molecule has 1 fully saturated rings. The topological polar surface area (TPSA) is 42.2 Å². The second-order valence-electron chi connectivity index (χ2n) is 7.60. The van der Waals surface area contributed by atoms with E-state index >= 15 is 4.39 Å². The van der Waals surface area contributed by atoms with E-state index in [1.807, 2.05) is 42.5 Å². The van der Waals surface area contributed by atoms with Gasteiger partial charge < -0.3 is 9.47 Å². The molecule has 1 heterocycles. The van der Waals surface area contributed by atoms with Gasteiger partial charge in [-0.25, -0.2) is 4.39 Å². The largest absolute Gasteiger partial charge is 0.348 e. The van der Waals surface area contributed by atoms with Crippen LogP contribution in [-0.4, -0.2) is 13.2 Å². The zero-order chi connectivity index (χ0) is 20.2. The van der Waals surface area contributed by atoms with Crippen LogP contribution in [0.1, 0.15) is 41.9 Å². The Kier molecular flexibility index (Phi) is 5.89. The minimum Gasteiger partial charge on any atom is -0.348 e. The van der Waals surface area contributed by atoms with Crippen LogP contribution in [0.5, 0.6) is 0 Å². The first-order chi connectivity index (χ1) is 14.2. The molecule has 4 heteroatoms. The molecular formula is C25H24FNO2. The summed E-state index contributed by atoms with van der Waals surface area (Å²) in [7, 11) is 0. The first-order valence-corrected chi connectivity index (χ1v) is 10.1. The average molecular weight is 389 g/mol. The first-order valence-electron chi connectivity index (χ1n) is 10.1. The van der Waals surface area contributed by atoms with Gasteiger partial charge in [0.05, 0.1) is 24.8 Å².